The molecule has 0 unspecified atom stereocenters. The van der Waals surface area contributed by atoms with Gasteiger partial charge in [-0.2, -0.15) is 0 Å². The number of H-pyrrole nitrogens is 1. The molecular weight excluding hydrogens is 352 g/mol. The minimum absolute atomic E-state index is 0.0980. The second-order valence-corrected chi connectivity index (χ2v) is 6.54. The summed E-state index contributed by atoms with van der Waals surface area (Å²) in [6.07, 6.45) is 1.93. The Bertz CT molecular complexity index is 1070. The SMILES string of the molecule is O=C(Cc1c[nH]c2ccccc12)NNC(=O)c1cc(-c2cccs2)on1. The third-order valence-electron chi connectivity index (χ3n) is 3.85. The van der Waals surface area contributed by atoms with Gasteiger partial charge in [-0.1, -0.05) is 29.4 Å². The number of hydrogen-bond donors (Lipinski definition) is 3. The van der Waals surface area contributed by atoms with Crippen LogP contribution in [0.15, 0.2) is 58.6 Å². The van der Waals surface area contributed by atoms with E-state index in [1.165, 1.54) is 17.4 Å². The Labute approximate surface area is 152 Å². The Morgan fingerprint density at radius 1 is 1.15 bits per heavy atom. The van der Waals surface area contributed by atoms with E-state index in [1.54, 1.807) is 6.20 Å². The molecule has 3 aromatic heterocycles. The highest BCUT2D eigenvalue weighted by Gasteiger charge is 2.15. The molecule has 4 aromatic rings. The van der Waals surface area contributed by atoms with E-state index in [0.29, 0.717) is 5.76 Å². The van der Waals surface area contributed by atoms with Crippen LogP contribution < -0.4 is 10.9 Å². The molecule has 8 heteroatoms. The van der Waals surface area contributed by atoms with E-state index in [2.05, 4.69) is 21.0 Å². The van der Waals surface area contributed by atoms with E-state index < -0.39 is 5.91 Å². The molecule has 0 saturated carbocycles. The maximum atomic E-state index is 12.1. The van der Waals surface area contributed by atoms with E-state index in [9.17, 15) is 9.59 Å². The lowest BCUT2D eigenvalue weighted by Crippen LogP contribution is -2.42. The van der Waals surface area contributed by atoms with Gasteiger partial charge in [0.1, 0.15) is 0 Å². The molecule has 2 amide bonds. The van der Waals surface area contributed by atoms with Gasteiger partial charge in [-0.3, -0.25) is 20.4 Å². The van der Waals surface area contributed by atoms with Crippen molar-refractivity contribution in [1.29, 1.82) is 0 Å². The van der Waals surface area contributed by atoms with Crippen LogP contribution in [0.2, 0.25) is 0 Å². The lowest BCUT2D eigenvalue weighted by atomic mass is 10.1. The highest BCUT2D eigenvalue weighted by atomic mass is 32.1. The van der Waals surface area contributed by atoms with Crippen molar-refractivity contribution in [3.05, 3.63) is 65.3 Å². The first-order valence-corrected chi connectivity index (χ1v) is 8.73. The molecule has 0 aliphatic heterocycles. The van der Waals surface area contributed by atoms with E-state index in [1.807, 2.05) is 41.8 Å². The van der Waals surface area contributed by atoms with Crippen molar-refractivity contribution in [1.82, 2.24) is 21.0 Å². The van der Waals surface area contributed by atoms with Crippen LogP contribution in [0, 0.1) is 0 Å². The molecule has 3 heterocycles. The lowest BCUT2D eigenvalue weighted by molar-refractivity contribution is -0.121. The van der Waals surface area contributed by atoms with Gasteiger partial charge in [0.05, 0.1) is 11.3 Å². The summed E-state index contributed by atoms with van der Waals surface area (Å²) >= 11 is 1.48. The van der Waals surface area contributed by atoms with Gasteiger partial charge in [0.2, 0.25) is 5.91 Å². The summed E-state index contributed by atoms with van der Waals surface area (Å²) < 4.78 is 5.15. The molecule has 0 aliphatic carbocycles. The number of fused-ring (bicyclic) bond motifs is 1. The average molecular weight is 366 g/mol. The Morgan fingerprint density at radius 2 is 2.04 bits per heavy atom. The first-order valence-electron chi connectivity index (χ1n) is 7.85. The van der Waals surface area contributed by atoms with Gasteiger partial charge in [0, 0.05) is 23.2 Å². The van der Waals surface area contributed by atoms with Gasteiger partial charge in [-0.15, -0.1) is 11.3 Å². The van der Waals surface area contributed by atoms with Gasteiger partial charge in [-0.25, -0.2) is 0 Å². The number of rotatable bonds is 4. The summed E-state index contributed by atoms with van der Waals surface area (Å²) in [7, 11) is 0. The van der Waals surface area contributed by atoms with E-state index in [-0.39, 0.29) is 18.0 Å². The molecule has 0 aliphatic rings. The van der Waals surface area contributed by atoms with Gasteiger partial charge in [0.25, 0.3) is 5.91 Å². The third-order valence-corrected chi connectivity index (χ3v) is 4.73. The number of nitrogens with zero attached hydrogens (tertiary/aromatic N) is 1. The van der Waals surface area contributed by atoms with Crippen molar-refractivity contribution < 1.29 is 14.1 Å². The van der Waals surface area contributed by atoms with Crippen LogP contribution in [0.25, 0.3) is 21.5 Å². The molecule has 0 saturated heterocycles. The smallest absolute Gasteiger partial charge is 0.291 e. The molecule has 4 rings (SSSR count). The highest BCUT2D eigenvalue weighted by Crippen LogP contribution is 2.25. The Kier molecular flexibility index (Phi) is 4.24. The van der Waals surface area contributed by atoms with Gasteiger partial charge < -0.3 is 9.51 Å². The molecule has 130 valence electrons. The Balaban J connectivity index is 1.36. The molecule has 7 nitrogen and oxygen atoms in total. The zero-order valence-electron chi connectivity index (χ0n) is 13.5. The van der Waals surface area contributed by atoms with Crippen LogP contribution in [-0.4, -0.2) is 22.0 Å². The van der Waals surface area contributed by atoms with Crippen molar-refractivity contribution in [2.45, 2.75) is 6.42 Å². The standard InChI is InChI=1S/C18H14N4O3S/c23-17(8-11-10-19-13-5-2-1-4-12(11)13)20-21-18(24)14-9-15(25-22-14)16-6-3-7-26-16/h1-7,9-10,19H,8H2,(H,20,23)(H,21,24). The van der Waals surface area contributed by atoms with Crippen LogP contribution in [-0.2, 0) is 11.2 Å². The molecule has 1 aromatic carbocycles. The van der Waals surface area contributed by atoms with Gasteiger partial charge >= 0.3 is 0 Å². The quantitative estimate of drug-likeness (QED) is 0.484. The molecule has 3 N–H and O–H groups in total. The number of carbonyl (C=O) groups excluding carboxylic acids is 2. The zero-order chi connectivity index (χ0) is 17.9. The summed E-state index contributed by atoms with van der Waals surface area (Å²) in [5, 5.41) is 6.61. The van der Waals surface area contributed by atoms with E-state index in [4.69, 9.17) is 4.52 Å². The predicted molar refractivity (Wildman–Crippen MR) is 97.4 cm³/mol. The lowest BCUT2D eigenvalue weighted by Gasteiger charge is -2.05. The maximum Gasteiger partial charge on any atom is 0.291 e. The summed E-state index contributed by atoms with van der Waals surface area (Å²) in [6.45, 7) is 0. The molecular formula is C18H14N4O3S. The van der Waals surface area contributed by atoms with Crippen molar-refractivity contribution in [2.75, 3.05) is 0 Å². The minimum Gasteiger partial charge on any atom is -0.361 e. The van der Waals surface area contributed by atoms with Crippen LogP contribution in [0.5, 0.6) is 0 Å². The van der Waals surface area contributed by atoms with Crippen LogP contribution >= 0.6 is 11.3 Å². The largest absolute Gasteiger partial charge is 0.361 e. The predicted octanol–water partition coefficient (Wildman–Crippen LogP) is 2.89. The number of aromatic amines is 1. The molecule has 0 bridgehead atoms. The second-order valence-electron chi connectivity index (χ2n) is 5.59. The first kappa shape index (κ1) is 16.1. The summed E-state index contributed by atoms with van der Waals surface area (Å²) in [5.74, 6) is -0.357. The zero-order valence-corrected chi connectivity index (χ0v) is 14.3. The summed E-state index contributed by atoms with van der Waals surface area (Å²) in [4.78, 5) is 28.2. The normalized spacial score (nSPS) is 10.8. The van der Waals surface area contributed by atoms with Crippen molar-refractivity contribution in [2.24, 2.45) is 0 Å². The van der Waals surface area contributed by atoms with Crippen LogP contribution in [0.3, 0.4) is 0 Å². The number of thiophene rings is 1. The number of amides is 2. The van der Waals surface area contributed by atoms with Crippen molar-refractivity contribution in [3.8, 4) is 10.6 Å². The fourth-order valence-electron chi connectivity index (χ4n) is 2.60. The number of nitrogens with one attached hydrogen (secondary N) is 3. The molecule has 0 spiro atoms. The number of aromatic nitrogens is 2. The molecule has 26 heavy (non-hydrogen) atoms. The summed E-state index contributed by atoms with van der Waals surface area (Å²) in [5.41, 5.74) is 6.66. The Hall–Kier alpha value is -3.39. The third kappa shape index (κ3) is 3.22. The molecule has 0 atom stereocenters. The number of hydrogen-bond acceptors (Lipinski definition) is 5. The van der Waals surface area contributed by atoms with Crippen LogP contribution in [0.1, 0.15) is 16.1 Å². The molecule has 0 radical (unpaired) electrons. The van der Waals surface area contributed by atoms with E-state index in [0.717, 1.165) is 21.3 Å². The Morgan fingerprint density at radius 3 is 2.88 bits per heavy atom. The average Bonchev–Trinajstić information content (AvgIpc) is 3.40. The van der Waals surface area contributed by atoms with Crippen LogP contribution in [0.4, 0.5) is 0 Å². The first-order chi connectivity index (χ1) is 12.7. The van der Waals surface area contributed by atoms with Gasteiger partial charge in [0.15, 0.2) is 11.5 Å². The van der Waals surface area contributed by atoms with Gasteiger partial charge in [-0.05, 0) is 23.1 Å². The maximum absolute atomic E-state index is 12.1. The summed E-state index contributed by atoms with van der Waals surface area (Å²) in [6, 6.07) is 13.0. The highest BCUT2D eigenvalue weighted by molar-refractivity contribution is 7.13. The monoisotopic (exact) mass is 366 g/mol. The fraction of sp³-hybridized carbons (Fsp3) is 0.0556. The van der Waals surface area contributed by atoms with E-state index >= 15 is 0 Å². The number of benzene rings is 1. The second kappa shape index (κ2) is 6.85. The number of carbonyl (C=O) groups is 2. The number of para-hydroxylation sites is 1. The fourth-order valence-corrected chi connectivity index (χ4v) is 3.28. The molecule has 0 fully saturated rings. The topological polar surface area (TPSA) is 100 Å². The minimum atomic E-state index is -0.538. The van der Waals surface area contributed by atoms with Crippen molar-refractivity contribution >= 4 is 34.1 Å². The van der Waals surface area contributed by atoms with Crippen molar-refractivity contribution in [3.63, 3.8) is 0 Å². The number of hydrazine groups is 1.